The molecule has 1 atom stereocenters. The lowest BCUT2D eigenvalue weighted by molar-refractivity contribution is -0.121. The molecule has 0 spiro atoms. The van der Waals surface area contributed by atoms with E-state index in [1.54, 1.807) is 24.3 Å². The van der Waals surface area contributed by atoms with E-state index in [-0.39, 0.29) is 30.0 Å². The number of hydrogen-bond acceptors (Lipinski definition) is 8. The normalized spacial score (nSPS) is 17.2. The van der Waals surface area contributed by atoms with Crippen molar-refractivity contribution in [3.63, 3.8) is 0 Å². The largest absolute Gasteiger partial charge is 0.381 e. The second-order valence-electron chi connectivity index (χ2n) is 8.30. The van der Waals surface area contributed by atoms with Crippen LogP contribution >= 0.6 is 11.8 Å². The van der Waals surface area contributed by atoms with Gasteiger partial charge in [0.1, 0.15) is 16.9 Å². The van der Waals surface area contributed by atoms with Crippen molar-refractivity contribution in [3.05, 3.63) is 41.1 Å². The lowest BCUT2D eigenvalue weighted by Crippen LogP contribution is -2.25. The van der Waals surface area contributed by atoms with Gasteiger partial charge in [0.05, 0.1) is 5.69 Å². The third-order valence-electron chi connectivity index (χ3n) is 5.78. The number of nitrogen functional groups attached to an aromatic ring is 1. The number of carbonyl (C=O) groups excluding carboxylic acids is 3. The first kappa shape index (κ1) is 24.3. The number of aromatic amines is 1. The van der Waals surface area contributed by atoms with Gasteiger partial charge in [-0.2, -0.15) is 15.4 Å². The maximum Gasteiger partial charge on any atom is 0.262 e. The smallest absolute Gasteiger partial charge is 0.262 e. The van der Waals surface area contributed by atoms with E-state index in [1.165, 1.54) is 11.8 Å². The topological polar surface area (TPSA) is 169 Å². The summed E-state index contributed by atoms with van der Waals surface area (Å²) in [7, 11) is 0. The van der Waals surface area contributed by atoms with E-state index in [9.17, 15) is 14.4 Å². The van der Waals surface area contributed by atoms with Crippen molar-refractivity contribution < 1.29 is 14.4 Å². The number of nitriles is 1. The van der Waals surface area contributed by atoms with Gasteiger partial charge in [-0.3, -0.25) is 19.5 Å². The molecule has 0 radical (unpaired) electrons. The third kappa shape index (κ3) is 5.99. The first-order valence-corrected chi connectivity index (χ1v) is 12.3. The molecule has 35 heavy (non-hydrogen) atoms. The number of nitrogens with two attached hydrogens (primary N) is 1. The third-order valence-corrected chi connectivity index (χ3v) is 6.99. The average Bonchev–Trinajstić information content (AvgIpc) is 3.58. The number of H-pyrrole nitrogens is 1. The molecule has 2 aliphatic rings. The number of amidine groups is 1. The molecule has 3 heterocycles. The Morgan fingerprint density at radius 2 is 2.00 bits per heavy atom. The van der Waals surface area contributed by atoms with Crippen LogP contribution in [0.25, 0.3) is 0 Å². The van der Waals surface area contributed by atoms with Crippen LogP contribution in [0.15, 0.2) is 29.3 Å². The van der Waals surface area contributed by atoms with Gasteiger partial charge in [0.2, 0.25) is 5.91 Å². The molecule has 11 nitrogen and oxygen atoms in total. The minimum Gasteiger partial charge on any atom is -0.381 e. The molecule has 0 saturated carbocycles. The molecule has 12 heteroatoms. The fourth-order valence-electron chi connectivity index (χ4n) is 3.91. The van der Waals surface area contributed by atoms with Crippen molar-refractivity contribution in [1.82, 2.24) is 20.4 Å². The number of thioether (sulfide) groups is 1. The molecule has 4 rings (SSSR count). The van der Waals surface area contributed by atoms with E-state index >= 15 is 0 Å². The molecule has 2 aliphatic heterocycles. The van der Waals surface area contributed by atoms with E-state index in [0.29, 0.717) is 41.9 Å². The highest BCUT2D eigenvalue weighted by Crippen LogP contribution is 2.29. The highest BCUT2D eigenvalue weighted by Gasteiger charge is 2.33. The lowest BCUT2D eigenvalue weighted by atomic mass is 10.1. The van der Waals surface area contributed by atoms with E-state index in [2.05, 4.69) is 30.7 Å². The predicted molar refractivity (Wildman–Crippen MR) is 133 cm³/mol. The van der Waals surface area contributed by atoms with Gasteiger partial charge in [0.15, 0.2) is 11.0 Å². The summed E-state index contributed by atoms with van der Waals surface area (Å²) >= 11 is 1.36. The Morgan fingerprint density at radius 1 is 1.26 bits per heavy atom. The number of aryl methyl sites for hydroxylation is 1. The molecule has 1 aromatic carbocycles. The molecule has 3 amide bonds. The van der Waals surface area contributed by atoms with Crippen molar-refractivity contribution in [2.24, 2.45) is 4.99 Å². The van der Waals surface area contributed by atoms with Gasteiger partial charge in [-0.15, -0.1) is 0 Å². The van der Waals surface area contributed by atoms with Crippen molar-refractivity contribution >= 4 is 46.2 Å². The Labute approximate surface area is 206 Å². The molecular formula is C23H26N8O3S. The highest BCUT2D eigenvalue weighted by molar-refractivity contribution is 8.15. The van der Waals surface area contributed by atoms with Gasteiger partial charge in [-0.05, 0) is 49.9 Å². The maximum atomic E-state index is 12.4. The van der Waals surface area contributed by atoms with Crippen LogP contribution in [0.2, 0.25) is 0 Å². The van der Waals surface area contributed by atoms with Crippen molar-refractivity contribution in [1.29, 1.82) is 5.26 Å². The van der Waals surface area contributed by atoms with E-state index in [1.807, 2.05) is 6.07 Å². The number of hydrogen-bond donors (Lipinski definition) is 4. The number of aliphatic imine (C=N–C) groups is 1. The maximum absolute atomic E-state index is 12.4. The summed E-state index contributed by atoms with van der Waals surface area (Å²) in [5.41, 5.74) is 7.60. The number of likely N-dealkylation sites (tertiary alicyclic amines) is 1. The molecule has 1 saturated heterocycles. The number of nitrogens with zero attached hydrogens (tertiary/aromatic N) is 4. The first-order valence-electron chi connectivity index (χ1n) is 11.4. The van der Waals surface area contributed by atoms with Crippen LogP contribution in [0, 0.1) is 11.3 Å². The van der Waals surface area contributed by atoms with E-state index in [4.69, 9.17) is 11.0 Å². The van der Waals surface area contributed by atoms with Crippen LogP contribution in [0.4, 0.5) is 11.5 Å². The van der Waals surface area contributed by atoms with Gasteiger partial charge in [-0.25, -0.2) is 0 Å². The zero-order chi connectivity index (χ0) is 24.8. The van der Waals surface area contributed by atoms with Crippen LogP contribution in [0.3, 0.4) is 0 Å². The summed E-state index contributed by atoms with van der Waals surface area (Å²) in [4.78, 5) is 43.2. The lowest BCUT2D eigenvalue weighted by Gasteiger charge is -2.16. The van der Waals surface area contributed by atoms with Gasteiger partial charge < -0.3 is 21.3 Å². The zero-order valence-corrected chi connectivity index (χ0v) is 19.9. The number of nitrogens with one attached hydrogen (secondary N) is 3. The number of carbonyl (C=O) groups is 3. The minimum atomic E-state index is -0.502. The Kier molecular flexibility index (Phi) is 7.67. The van der Waals surface area contributed by atoms with Crippen molar-refractivity contribution in [2.45, 2.75) is 37.4 Å². The Hall–Kier alpha value is -3.85. The average molecular weight is 495 g/mol. The van der Waals surface area contributed by atoms with Crippen LogP contribution in [0.1, 0.15) is 47.3 Å². The summed E-state index contributed by atoms with van der Waals surface area (Å²) in [5, 5.41) is 21.5. The van der Waals surface area contributed by atoms with E-state index < -0.39 is 5.25 Å². The number of anilines is 2. The number of benzene rings is 1. The van der Waals surface area contributed by atoms with Gasteiger partial charge >= 0.3 is 0 Å². The molecular weight excluding hydrogens is 468 g/mol. The summed E-state index contributed by atoms with van der Waals surface area (Å²) in [6.07, 6.45) is 3.37. The zero-order valence-electron chi connectivity index (χ0n) is 19.0. The second kappa shape index (κ2) is 11.1. The molecule has 1 unspecified atom stereocenters. The highest BCUT2D eigenvalue weighted by atomic mass is 32.2. The Bertz CT molecular complexity index is 1180. The fourth-order valence-corrected chi connectivity index (χ4v) is 5.02. The Morgan fingerprint density at radius 3 is 2.71 bits per heavy atom. The van der Waals surface area contributed by atoms with Gasteiger partial charge in [0.25, 0.3) is 11.8 Å². The van der Waals surface area contributed by atoms with Crippen LogP contribution in [-0.2, 0) is 16.0 Å². The predicted octanol–water partition coefficient (Wildman–Crippen LogP) is 1.65. The summed E-state index contributed by atoms with van der Waals surface area (Å²) in [5.74, 6) is -0.611. The summed E-state index contributed by atoms with van der Waals surface area (Å²) in [6, 6.07) is 8.55. The van der Waals surface area contributed by atoms with Crippen LogP contribution in [-0.4, -0.2) is 62.9 Å². The Balaban J connectivity index is 1.20. The molecule has 0 aliphatic carbocycles. The van der Waals surface area contributed by atoms with E-state index in [0.717, 1.165) is 31.1 Å². The molecule has 2 aromatic rings. The van der Waals surface area contributed by atoms with Crippen LogP contribution in [0.5, 0.6) is 0 Å². The number of aromatic nitrogens is 2. The second-order valence-corrected chi connectivity index (χ2v) is 9.47. The molecule has 182 valence electrons. The standard InChI is InChI=1S/C23H26N8O3S/c24-13-16-17(29-30-20(16)25)4-3-9-26-21(33)14-5-7-15(8-6-14)27-19(32)12-18-22(34)28-23(35-18)31-10-1-2-11-31/h5-8,18H,1-4,9-12H2,(H,26,33)(H,27,32)(H3,25,29,30). The van der Waals surface area contributed by atoms with Crippen molar-refractivity contribution in [2.75, 3.05) is 30.7 Å². The monoisotopic (exact) mass is 494 g/mol. The molecule has 0 bridgehead atoms. The summed E-state index contributed by atoms with van der Waals surface area (Å²) in [6.45, 7) is 2.22. The number of amides is 3. The molecule has 5 N–H and O–H groups in total. The minimum absolute atomic E-state index is 0.0437. The SMILES string of the molecule is N#Cc1c(N)n[nH]c1CCCNC(=O)c1ccc(NC(=O)CC2SC(N3CCCC3)=NC2=O)cc1. The first-order chi connectivity index (χ1) is 16.9. The summed E-state index contributed by atoms with van der Waals surface area (Å²) < 4.78 is 0. The molecule has 1 aromatic heterocycles. The fraction of sp³-hybridized carbons (Fsp3) is 0.391. The number of rotatable bonds is 8. The van der Waals surface area contributed by atoms with Crippen LogP contribution < -0.4 is 16.4 Å². The van der Waals surface area contributed by atoms with Gasteiger partial charge in [0, 0.05) is 37.3 Å². The van der Waals surface area contributed by atoms with Crippen molar-refractivity contribution in [3.8, 4) is 6.07 Å². The quantitative estimate of drug-likeness (QED) is 0.401. The van der Waals surface area contributed by atoms with Gasteiger partial charge in [-0.1, -0.05) is 11.8 Å². The molecule has 1 fully saturated rings.